The van der Waals surface area contributed by atoms with E-state index in [-0.39, 0.29) is 17.2 Å². The summed E-state index contributed by atoms with van der Waals surface area (Å²) >= 11 is 5.68. The first-order valence-electron chi connectivity index (χ1n) is 5.25. The summed E-state index contributed by atoms with van der Waals surface area (Å²) in [6.07, 6.45) is 3.83. The second-order valence-electron chi connectivity index (χ2n) is 3.39. The Kier molecular flexibility index (Phi) is 3.74. The Morgan fingerprint density at radius 1 is 1.22 bits per heavy atom. The number of allylic oxidation sites excluding steroid dienone is 1. The van der Waals surface area contributed by atoms with Crippen molar-refractivity contribution in [1.82, 2.24) is 15.0 Å². The van der Waals surface area contributed by atoms with Gasteiger partial charge in [0.2, 0.25) is 11.2 Å². The number of para-hydroxylation sites is 1. The van der Waals surface area contributed by atoms with Crippen LogP contribution < -0.4 is 10.5 Å². The van der Waals surface area contributed by atoms with Gasteiger partial charge in [-0.15, -0.1) is 0 Å². The van der Waals surface area contributed by atoms with E-state index in [0.29, 0.717) is 5.75 Å². The van der Waals surface area contributed by atoms with E-state index in [4.69, 9.17) is 22.1 Å². The SMILES string of the molecule is C/C=C/c1ccccc1Oc1nc(N)nc(Cl)n1. The Balaban J connectivity index is 2.33. The second kappa shape index (κ2) is 5.46. The first-order valence-corrected chi connectivity index (χ1v) is 5.63. The number of anilines is 1. The van der Waals surface area contributed by atoms with Crippen molar-refractivity contribution in [2.24, 2.45) is 0 Å². The van der Waals surface area contributed by atoms with E-state index in [1.165, 1.54) is 0 Å². The van der Waals surface area contributed by atoms with Crippen molar-refractivity contribution in [3.8, 4) is 11.8 Å². The molecule has 0 aliphatic heterocycles. The van der Waals surface area contributed by atoms with Gasteiger partial charge < -0.3 is 10.5 Å². The molecule has 0 atom stereocenters. The molecule has 0 aliphatic carbocycles. The fourth-order valence-electron chi connectivity index (χ4n) is 1.38. The lowest BCUT2D eigenvalue weighted by Crippen LogP contribution is -2.00. The molecule has 0 fully saturated rings. The molecule has 0 bridgehead atoms. The largest absolute Gasteiger partial charge is 0.424 e. The summed E-state index contributed by atoms with van der Waals surface area (Å²) in [6, 6.07) is 7.57. The summed E-state index contributed by atoms with van der Waals surface area (Å²) in [5.74, 6) is 0.644. The minimum atomic E-state index is 0.000940. The lowest BCUT2D eigenvalue weighted by atomic mass is 10.2. The Bertz CT molecular complexity index is 566. The molecular formula is C12H11ClN4O. The average molecular weight is 263 g/mol. The molecule has 0 aliphatic rings. The molecule has 5 nitrogen and oxygen atoms in total. The van der Waals surface area contributed by atoms with Crippen LogP contribution in [0.4, 0.5) is 5.95 Å². The van der Waals surface area contributed by atoms with Crippen LogP contribution in [-0.4, -0.2) is 15.0 Å². The molecule has 0 amide bonds. The fourth-order valence-corrected chi connectivity index (χ4v) is 1.54. The minimum Gasteiger partial charge on any atom is -0.424 e. The lowest BCUT2D eigenvalue weighted by molar-refractivity contribution is 0.440. The zero-order chi connectivity index (χ0) is 13.0. The highest BCUT2D eigenvalue weighted by Gasteiger charge is 2.07. The fraction of sp³-hybridized carbons (Fsp3) is 0.0833. The third-order valence-electron chi connectivity index (χ3n) is 2.07. The number of benzene rings is 1. The molecule has 0 unspecified atom stereocenters. The third kappa shape index (κ3) is 2.95. The molecule has 2 rings (SSSR count). The standard InChI is InChI=1S/C12H11ClN4O/c1-2-5-8-6-3-4-7-9(8)18-12-16-10(13)15-11(14)17-12/h2-7H,1H3,(H2,14,15,16,17)/b5-2+. The molecule has 92 valence electrons. The van der Waals surface area contributed by atoms with Gasteiger partial charge in [-0.25, -0.2) is 0 Å². The number of nitrogen functional groups attached to an aromatic ring is 1. The van der Waals surface area contributed by atoms with Crippen LogP contribution in [0.15, 0.2) is 30.3 Å². The normalized spacial score (nSPS) is 10.8. The predicted octanol–water partition coefficient (Wildman–Crippen LogP) is 2.93. The molecule has 1 aromatic heterocycles. The summed E-state index contributed by atoms with van der Waals surface area (Å²) in [7, 11) is 0. The van der Waals surface area contributed by atoms with Gasteiger partial charge in [0, 0.05) is 5.56 Å². The van der Waals surface area contributed by atoms with Gasteiger partial charge >= 0.3 is 6.01 Å². The van der Waals surface area contributed by atoms with Crippen LogP contribution in [-0.2, 0) is 0 Å². The molecular weight excluding hydrogens is 252 g/mol. The quantitative estimate of drug-likeness (QED) is 0.921. The highest BCUT2D eigenvalue weighted by Crippen LogP contribution is 2.24. The van der Waals surface area contributed by atoms with Crippen LogP contribution in [0.25, 0.3) is 6.08 Å². The summed E-state index contributed by atoms with van der Waals surface area (Å²) in [6.45, 7) is 1.93. The summed E-state index contributed by atoms with van der Waals surface area (Å²) in [5, 5.41) is 0.000940. The molecule has 18 heavy (non-hydrogen) atoms. The Morgan fingerprint density at radius 3 is 2.72 bits per heavy atom. The van der Waals surface area contributed by atoms with E-state index < -0.39 is 0 Å². The highest BCUT2D eigenvalue weighted by atomic mass is 35.5. The molecule has 6 heteroatoms. The summed E-state index contributed by atoms with van der Waals surface area (Å²) in [4.78, 5) is 11.4. The van der Waals surface area contributed by atoms with Gasteiger partial charge in [0.1, 0.15) is 5.75 Å². The van der Waals surface area contributed by atoms with Crippen LogP contribution in [0, 0.1) is 0 Å². The molecule has 1 heterocycles. The van der Waals surface area contributed by atoms with Gasteiger partial charge in [0.15, 0.2) is 0 Å². The Hall–Kier alpha value is -2.14. The van der Waals surface area contributed by atoms with Crippen molar-refractivity contribution in [1.29, 1.82) is 0 Å². The van der Waals surface area contributed by atoms with Crippen molar-refractivity contribution in [3.63, 3.8) is 0 Å². The van der Waals surface area contributed by atoms with E-state index in [9.17, 15) is 0 Å². The van der Waals surface area contributed by atoms with Crippen molar-refractivity contribution < 1.29 is 4.74 Å². The van der Waals surface area contributed by atoms with Crippen molar-refractivity contribution in [3.05, 3.63) is 41.2 Å². The average Bonchev–Trinajstić information content (AvgIpc) is 2.30. The number of nitrogens with two attached hydrogens (primary N) is 1. The monoisotopic (exact) mass is 262 g/mol. The number of hydrogen-bond acceptors (Lipinski definition) is 5. The van der Waals surface area contributed by atoms with E-state index >= 15 is 0 Å². The maximum atomic E-state index is 5.68. The van der Waals surface area contributed by atoms with Gasteiger partial charge in [-0.1, -0.05) is 30.4 Å². The van der Waals surface area contributed by atoms with Crippen LogP contribution in [0.5, 0.6) is 11.8 Å². The van der Waals surface area contributed by atoms with Gasteiger partial charge in [0.05, 0.1) is 0 Å². The van der Waals surface area contributed by atoms with Gasteiger partial charge in [-0.05, 0) is 24.6 Å². The second-order valence-corrected chi connectivity index (χ2v) is 3.72. The Morgan fingerprint density at radius 2 is 2.00 bits per heavy atom. The van der Waals surface area contributed by atoms with Gasteiger partial charge in [-0.3, -0.25) is 0 Å². The molecule has 0 spiro atoms. The third-order valence-corrected chi connectivity index (χ3v) is 2.24. The predicted molar refractivity (Wildman–Crippen MR) is 70.5 cm³/mol. The lowest BCUT2D eigenvalue weighted by Gasteiger charge is -2.07. The van der Waals surface area contributed by atoms with Crippen LogP contribution in [0.1, 0.15) is 12.5 Å². The number of nitrogens with zero attached hydrogens (tertiary/aromatic N) is 3. The summed E-state index contributed by atoms with van der Waals surface area (Å²) in [5.41, 5.74) is 6.38. The highest BCUT2D eigenvalue weighted by molar-refractivity contribution is 6.28. The molecule has 0 saturated carbocycles. The van der Waals surface area contributed by atoms with Crippen LogP contribution in [0.2, 0.25) is 5.28 Å². The number of halogens is 1. The first kappa shape index (κ1) is 12.3. The molecule has 0 saturated heterocycles. The molecule has 2 N–H and O–H groups in total. The number of ether oxygens (including phenoxy) is 1. The van der Waals surface area contributed by atoms with Gasteiger partial charge in [-0.2, -0.15) is 15.0 Å². The molecule has 1 aromatic carbocycles. The van der Waals surface area contributed by atoms with E-state index in [2.05, 4.69) is 15.0 Å². The Labute approximate surface area is 109 Å². The first-order chi connectivity index (χ1) is 8.69. The smallest absolute Gasteiger partial charge is 0.328 e. The van der Waals surface area contributed by atoms with Crippen molar-refractivity contribution >= 4 is 23.6 Å². The minimum absolute atomic E-state index is 0.000940. The van der Waals surface area contributed by atoms with E-state index in [1.807, 2.05) is 43.3 Å². The summed E-state index contributed by atoms with van der Waals surface area (Å²) < 4.78 is 5.55. The van der Waals surface area contributed by atoms with Crippen LogP contribution >= 0.6 is 11.6 Å². The zero-order valence-electron chi connectivity index (χ0n) is 9.67. The molecule has 2 aromatic rings. The number of aromatic nitrogens is 3. The maximum Gasteiger partial charge on any atom is 0.328 e. The zero-order valence-corrected chi connectivity index (χ0v) is 10.4. The maximum absolute atomic E-state index is 5.68. The van der Waals surface area contributed by atoms with Gasteiger partial charge in [0.25, 0.3) is 0 Å². The number of hydrogen-bond donors (Lipinski definition) is 1. The molecule has 0 radical (unpaired) electrons. The van der Waals surface area contributed by atoms with Crippen molar-refractivity contribution in [2.75, 3.05) is 5.73 Å². The topological polar surface area (TPSA) is 73.9 Å². The van der Waals surface area contributed by atoms with Crippen molar-refractivity contribution in [2.45, 2.75) is 6.92 Å². The van der Waals surface area contributed by atoms with Crippen LogP contribution in [0.3, 0.4) is 0 Å². The number of rotatable bonds is 3. The van der Waals surface area contributed by atoms with E-state index in [0.717, 1.165) is 5.56 Å². The van der Waals surface area contributed by atoms with E-state index in [1.54, 1.807) is 0 Å².